The topological polar surface area (TPSA) is 69.7 Å². The van der Waals surface area contributed by atoms with Gasteiger partial charge in [-0.3, -0.25) is 9.69 Å². The monoisotopic (exact) mass is 481 g/mol. The molecule has 1 aromatic rings. The molecule has 1 aromatic carbocycles. The van der Waals surface area contributed by atoms with Crippen molar-refractivity contribution < 1.29 is 17.6 Å². The second-order valence-electron chi connectivity index (χ2n) is 9.59. The molecule has 1 fully saturated rings. The quantitative estimate of drug-likeness (QED) is 0.707. The fourth-order valence-corrected chi connectivity index (χ4v) is 6.41. The maximum absolute atomic E-state index is 16.2. The third-order valence-corrected chi connectivity index (χ3v) is 9.26. The number of sulfonamides is 1. The number of allylic oxidation sites excluding steroid dienone is 1. The first-order valence-electron chi connectivity index (χ1n) is 10.8. The number of nitrogens with one attached hydrogen (secondary N) is 1. The Hall–Kier alpha value is -1.90. The molecular formula is C23H29ClFN3O3S. The summed E-state index contributed by atoms with van der Waals surface area (Å²) in [6, 6.07) is 4.87. The third kappa shape index (κ3) is 3.47. The molecule has 0 aliphatic carbocycles. The number of halogens is 2. The lowest BCUT2D eigenvalue weighted by Crippen LogP contribution is -2.45. The number of dihydropyridines is 1. The molecule has 0 spiro atoms. The molecule has 4 rings (SSSR count). The summed E-state index contributed by atoms with van der Waals surface area (Å²) in [6.07, 6.45) is 3.51. The first-order valence-corrected chi connectivity index (χ1v) is 12.7. The molecule has 0 saturated carbocycles. The highest BCUT2D eigenvalue weighted by atomic mass is 35.5. The number of carbonyl (C=O) groups excluding carboxylic acids is 1. The third-order valence-electron chi connectivity index (χ3n) is 6.80. The van der Waals surface area contributed by atoms with Gasteiger partial charge in [0.05, 0.1) is 23.0 Å². The summed E-state index contributed by atoms with van der Waals surface area (Å²) >= 11 is 6.18. The number of carbonyl (C=O) groups is 1. The van der Waals surface area contributed by atoms with Crippen LogP contribution in [0, 0.1) is 0 Å². The van der Waals surface area contributed by atoms with Crippen molar-refractivity contribution >= 4 is 27.5 Å². The van der Waals surface area contributed by atoms with Crippen LogP contribution in [0.4, 0.5) is 4.39 Å². The van der Waals surface area contributed by atoms with Gasteiger partial charge in [0.2, 0.25) is 10.0 Å². The van der Waals surface area contributed by atoms with Gasteiger partial charge in [0.15, 0.2) is 0 Å². The average molecular weight is 482 g/mol. The predicted molar refractivity (Wildman–Crippen MR) is 123 cm³/mol. The van der Waals surface area contributed by atoms with Gasteiger partial charge in [-0.15, -0.1) is 0 Å². The van der Waals surface area contributed by atoms with Crippen LogP contribution >= 0.6 is 11.6 Å². The van der Waals surface area contributed by atoms with Crippen LogP contribution in [0.1, 0.15) is 57.0 Å². The highest BCUT2D eigenvalue weighted by molar-refractivity contribution is 7.89. The van der Waals surface area contributed by atoms with Crippen LogP contribution in [0.5, 0.6) is 0 Å². The van der Waals surface area contributed by atoms with Crippen molar-refractivity contribution in [3.05, 3.63) is 57.9 Å². The molecule has 2 atom stereocenters. The van der Waals surface area contributed by atoms with Crippen LogP contribution in [0.2, 0.25) is 5.02 Å². The molecule has 2 unspecified atom stereocenters. The van der Waals surface area contributed by atoms with Gasteiger partial charge in [-0.2, -0.15) is 4.31 Å². The smallest absolute Gasteiger partial charge is 0.259 e. The lowest BCUT2D eigenvalue weighted by atomic mass is 9.87. The second kappa shape index (κ2) is 7.57. The van der Waals surface area contributed by atoms with Crippen molar-refractivity contribution in [1.29, 1.82) is 0 Å². The minimum absolute atomic E-state index is 0.0806. The second-order valence-corrected chi connectivity index (χ2v) is 12.5. The summed E-state index contributed by atoms with van der Waals surface area (Å²) in [5.74, 6) is -0.178. The van der Waals surface area contributed by atoms with Crippen LogP contribution in [0.15, 0.2) is 41.7 Å². The van der Waals surface area contributed by atoms with Crippen molar-refractivity contribution in [2.75, 3.05) is 13.1 Å². The Morgan fingerprint density at radius 1 is 1.28 bits per heavy atom. The summed E-state index contributed by atoms with van der Waals surface area (Å²) in [5, 5.41) is 3.12. The zero-order valence-corrected chi connectivity index (χ0v) is 20.5. The molecule has 9 heteroatoms. The van der Waals surface area contributed by atoms with Gasteiger partial charge in [0.1, 0.15) is 5.67 Å². The number of alkyl halides is 1. The number of benzene rings is 1. The molecule has 1 N–H and O–H groups in total. The number of hydrogen-bond acceptors (Lipinski definition) is 4. The summed E-state index contributed by atoms with van der Waals surface area (Å²) in [5.41, 5.74) is -0.110. The van der Waals surface area contributed by atoms with Crippen LogP contribution in [0.25, 0.3) is 0 Å². The molecule has 3 aliphatic rings. The van der Waals surface area contributed by atoms with Gasteiger partial charge in [-0.1, -0.05) is 11.6 Å². The fraction of sp³-hybridized carbons (Fsp3) is 0.522. The maximum atomic E-state index is 16.2. The lowest BCUT2D eigenvalue weighted by Gasteiger charge is -2.38. The summed E-state index contributed by atoms with van der Waals surface area (Å²) in [6.45, 7) is 8.82. The van der Waals surface area contributed by atoms with Gasteiger partial charge in [0.25, 0.3) is 5.91 Å². The van der Waals surface area contributed by atoms with E-state index in [4.69, 9.17) is 11.6 Å². The highest BCUT2D eigenvalue weighted by Crippen LogP contribution is 2.45. The Morgan fingerprint density at radius 2 is 1.97 bits per heavy atom. The van der Waals surface area contributed by atoms with Crippen LogP contribution < -0.4 is 5.32 Å². The predicted octanol–water partition coefficient (Wildman–Crippen LogP) is 3.94. The van der Waals surface area contributed by atoms with Gasteiger partial charge in [-0.05, 0) is 70.0 Å². The Morgan fingerprint density at radius 3 is 2.62 bits per heavy atom. The van der Waals surface area contributed by atoms with E-state index in [1.807, 2.05) is 20.8 Å². The van der Waals surface area contributed by atoms with Crippen molar-refractivity contribution in [3.63, 3.8) is 0 Å². The molecule has 0 aromatic heterocycles. The molecule has 3 aliphatic heterocycles. The van der Waals surface area contributed by atoms with Crippen molar-refractivity contribution in [2.45, 2.75) is 63.5 Å². The molecule has 32 heavy (non-hydrogen) atoms. The SMILES string of the molecule is CC1NC=C(N2C(=O)c3ccc(Cl)cc3C2(C)C)C=C1C1(F)CCN(S(=O)(=O)C(C)C)C1. The van der Waals surface area contributed by atoms with E-state index in [0.29, 0.717) is 21.9 Å². The summed E-state index contributed by atoms with van der Waals surface area (Å²) in [7, 11) is -3.55. The summed E-state index contributed by atoms with van der Waals surface area (Å²) in [4.78, 5) is 14.9. The van der Waals surface area contributed by atoms with Crippen molar-refractivity contribution in [3.8, 4) is 0 Å². The average Bonchev–Trinajstić information content (AvgIpc) is 3.20. The van der Waals surface area contributed by atoms with Crippen LogP contribution in [0.3, 0.4) is 0 Å². The van der Waals surface area contributed by atoms with E-state index >= 15 is 4.39 Å². The zero-order chi connectivity index (χ0) is 23.6. The molecular weight excluding hydrogens is 453 g/mol. The van der Waals surface area contributed by atoms with E-state index < -0.39 is 26.5 Å². The first kappa shape index (κ1) is 23.3. The highest BCUT2D eigenvalue weighted by Gasteiger charge is 2.50. The fourth-order valence-electron chi connectivity index (χ4n) is 4.91. The molecule has 1 amide bonds. The Kier molecular flexibility index (Phi) is 5.50. The van der Waals surface area contributed by atoms with Crippen LogP contribution in [-0.4, -0.2) is 53.6 Å². The number of rotatable bonds is 4. The van der Waals surface area contributed by atoms with Crippen molar-refractivity contribution in [2.24, 2.45) is 0 Å². The minimum atomic E-state index is -3.55. The molecule has 3 heterocycles. The number of hydrogen-bond donors (Lipinski definition) is 1. The minimum Gasteiger partial charge on any atom is -0.383 e. The van der Waals surface area contributed by atoms with Gasteiger partial charge in [0, 0.05) is 35.8 Å². The normalized spacial score (nSPS) is 27.9. The number of fused-ring (bicyclic) bond motifs is 1. The largest absolute Gasteiger partial charge is 0.383 e. The Balaban J connectivity index is 1.69. The van der Waals surface area contributed by atoms with Crippen molar-refractivity contribution in [1.82, 2.24) is 14.5 Å². The van der Waals surface area contributed by atoms with E-state index in [2.05, 4.69) is 5.32 Å². The number of amides is 1. The van der Waals surface area contributed by atoms with Gasteiger partial charge >= 0.3 is 0 Å². The van der Waals surface area contributed by atoms with E-state index in [1.54, 1.807) is 49.2 Å². The molecule has 0 radical (unpaired) electrons. The molecule has 6 nitrogen and oxygen atoms in total. The maximum Gasteiger partial charge on any atom is 0.259 e. The first-order chi connectivity index (χ1) is 14.8. The Labute approximate surface area is 194 Å². The van der Waals surface area contributed by atoms with E-state index in [9.17, 15) is 13.2 Å². The van der Waals surface area contributed by atoms with E-state index in [0.717, 1.165) is 5.56 Å². The lowest BCUT2D eigenvalue weighted by molar-refractivity contribution is 0.0714. The zero-order valence-electron chi connectivity index (χ0n) is 18.9. The van der Waals surface area contributed by atoms with E-state index in [1.165, 1.54) is 4.31 Å². The molecule has 0 bridgehead atoms. The number of nitrogens with zero attached hydrogens (tertiary/aromatic N) is 2. The Bertz CT molecular complexity index is 1150. The van der Waals surface area contributed by atoms with Gasteiger partial charge < -0.3 is 5.32 Å². The molecule has 174 valence electrons. The van der Waals surface area contributed by atoms with Crippen LogP contribution in [-0.2, 0) is 15.6 Å². The van der Waals surface area contributed by atoms with E-state index in [-0.39, 0.29) is 31.5 Å². The van der Waals surface area contributed by atoms with Gasteiger partial charge in [-0.25, -0.2) is 12.8 Å². The molecule has 1 saturated heterocycles. The summed E-state index contributed by atoms with van der Waals surface area (Å²) < 4.78 is 42.6. The standard InChI is InChI=1S/C23H29ClFN3O3S/c1-14(2)32(30,31)27-9-8-23(25,13-27)19-11-17(12-26-15(19)3)28-21(29)18-7-6-16(24)10-20(18)22(28,4)5/h6-7,10-12,14-15,26H,8-9,13H2,1-5H3.